The second-order valence-corrected chi connectivity index (χ2v) is 4.26. The predicted octanol–water partition coefficient (Wildman–Crippen LogP) is 3.05. The number of halogens is 1. The van der Waals surface area contributed by atoms with Crippen molar-refractivity contribution < 1.29 is 4.79 Å². The van der Waals surface area contributed by atoms with E-state index in [1.54, 1.807) is 30.3 Å². The van der Waals surface area contributed by atoms with Gasteiger partial charge >= 0.3 is 0 Å². The van der Waals surface area contributed by atoms with E-state index in [0.29, 0.717) is 22.8 Å². The summed E-state index contributed by atoms with van der Waals surface area (Å²) in [5.74, 6) is -0.168. The van der Waals surface area contributed by atoms with Crippen LogP contribution in [0.1, 0.15) is 15.9 Å². The molecule has 0 fully saturated rings. The van der Waals surface area contributed by atoms with Gasteiger partial charge in [-0.1, -0.05) is 29.8 Å². The van der Waals surface area contributed by atoms with Crippen LogP contribution >= 0.6 is 11.6 Å². The Morgan fingerprint density at radius 3 is 2.44 bits per heavy atom. The average Bonchev–Trinajstić information content (AvgIpc) is 2.41. The Balaban J connectivity index is 2.19. The van der Waals surface area contributed by atoms with Gasteiger partial charge in [0.2, 0.25) is 0 Å². The third-order valence-electron chi connectivity index (χ3n) is 2.58. The maximum atomic E-state index is 12.1. The number of carbonyl (C=O) groups is 1. The van der Waals surface area contributed by atoms with Crippen LogP contribution in [0.2, 0.25) is 5.02 Å². The summed E-state index contributed by atoms with van der Waals surface area (Å²) in [6.45, 7) is 0.338. The molecule has 2 aromatic carbocycles. The van der Waals surface area contributed by atoms with E-state index in [0.717, 1.165) is 5.56 Å². The number of nitrogens with two attached hydrogens (primary N) is 1. The van der Waals surface area contributed by atoms with Gasteiger partial charge in [-0.05, 0) is 35.9 Å². The highest BCUT2D eigenvalue weighted by molar-refractivity contribution is 6.30. The molecule has 0 saturated carbocycles. The number of anilines is 1. The number of carbonyl (C=O) groups excluding carboxylic acids is 1. The van der Waals surface area contributed by atoms with Gasteiger partial charge in [-0.2, -0.15) is 0 Å². The highest BCUT2D eigenvalue weighted by Gasteiger charge is 2.09. The van der Waals surface area contributed by atoms with Gasteiger partial charge in [0, 0.05) is 22.8 Å². The summed E-state index contributed by atoms with van der Waals surface area (Å²) in [5.41, 5.74) is 7.72. The molecule has 2 rings (SSSR count). The fourth-order valence-electron chi connectivity index (χ4n) is 1.65. The van der Waals surface area contributed by atoms with Crippen LogP contribution in [-0.2, 0) is 6.54 Å². The summed E-state index contributed by atoms with van der Waals surface area (Å²) in [5, 5.41) is 3.44. The molecule has 0 aliphatic heterocycles. The molecule has 0 unspecified atom stereocenters. The van der Waals surface area contributed by atoms with E-state index in [-0.39, 0.29) is 5.91 Å². The third-order valence-corrected chi connectivity index (χ3v) is 2.84. The molecule has 0 aromatic heterocycles. The first-order valence-corrected chi connectivity index (χ1v) is 5.93. The number of rotatable bonds is 3. The van der Waals surface area contributed by atoms with Crippen LogP contribution in [0.4, 0.5) is 5.69 Å². The van der Waals surface area contributed by atoms with E-state index in [9.17, 15) is 4.79 Å². The lowest BCUT2D eigenvalue weighted by Crippen LogP contribution is -2.15. The Labute approximate surface area is 111 Å². The molecule has 0 radical (unpaired) electrons. The molecule has 92 valence electrons. The molecule has 0 aliphatic rings. The molecule has 0 saturated heterocycles. The molecule has 3 N–H and O–H groups in total. The smallest absolute Gasteiger partial charge is 0.255 e. The summed E-state index contributed by atoms with van der Waals surface area (Å²) >= 11 is 5.78. The lowest BCUT2D eigenvalue weighted by Gasteiger charge is -2.08. The molecule has 0 bridgehead atoms. The van der Waals surface area contributed by atoms with E-state index in [1.807, 2.05) is 18.2 Å². The Morgan fingerprint density at radius 1 is 1.11 bits per heavy atom. The van der Waals surface area contributed by atoms with Gasteiger partial charge in [0.05, 0.1) is 0 Å². The van der Waals surface area contributed by atoms with E-state index in [1.165, 1.54) is 0 Å². The zero-order valence-corrected chi connectivity index (χ0v) is 10.4. The van der Waals surface area contributed by atoms with Crippen molar-refractivity contribution >= 4 is 23.2 Å². The summed E-state index contributed by atoms with van der Waals surface area (Å²) in [6.07, 6.45) is 0. The molecular formula is C14H13ClN2O. The Bertz CT molecular complexity index is 552. The fourth-order valence-corrected chi connectivity index (χ4v) is 1.78. The van der Waals surface area contributed by atoms with Crippen molar-refractivity contribution in [3.63, 3.8) is 0 Å². The van der Waals surface area contributed by atoms with E-state index in [4.69, 9.17) is 17.3 Å². The van der Waals surface area contributed by atoms with Crippen LogP contribution in [0, 0.1) is 0 Å². The molecular weight excluding hydrogens is 248 g/mol. The topological polar surface area (TPSA) is 55.1 Å². The van der Waals surface area contributed by atoms with Crippen molar-refractivity contribution in [1.82, 2.24) is 0 Å². The van der Waals surface area contributed by atoms with Crippen LogP contribution in [0.3, 0.4) is 0 Å². The maximum Gasteiger partial charge on any atom is 0.255 e. The number of hydrogen-bond donors (Lipinski definition) is 2. The van der Waals surface area contributed by atoms with Crippen molar-refractivity contribution in [2.75, 3.05) is 5.32 Å². The minimum absolute atomic E-state index is 0.168. The quantitative estimate of drug-likeness (QED) is 0.891. The van der Waals surface area contributed by atoms with Gasteiger partial charge < -0.3 is 11.1 Å². The molecule has 0 spiro atoms. The van der Waals surface area contributed by atoms with Crippen LogP contribution in [-0.4, -0.2) is 5.91 Å². The molecule has 1 amide bonds. The first-order valence-electron chi connectivity index (χ1n) is 5.55. The minimum atomic E-state index is -0.168. The van der Waals surface area contributed by atoms with Crippen molar-refractivity contribution in [1.29, 1.82) is 0 Å². The average molecular weight is 261 g/mol. The molecule has 2 aromatic rings. The number of nitrogens with one attached hydrogen (secondary N) is 1. The minimum Gasteiger partial charge on any atom is -0.326 e. The predicted molar refractivity (Wildman–Crippen MR) is 73.7 cm³/mol. The van der Waals surface area contributed by atoms with Crippen LogP contribution < -0.4 is 11.1 Å². The van der Waals surface area contributed by atoms with Gasteiger partial charge in [-0.15, -0.1) is 0 Å². The van der Waals surface area contributed by atoms with E-state index >= 15 is 0 Å². The van der Waals surface area contributed by atoms with Gasteiger partial charge in [0.15, 0.2) is 0 Å². The SMILES string of the molecule is NCc1ccccc1C(=O)Nc1ccc(Cl)cc1. The lowest BCUT2D eigenvalue weighted by atomic mass is 10.1. The van der Waals surface area contributed by atoms with Gasteiger partial charge in [0.1, 0.15) is 0 Å². The maximum absolute atomic E-state index is 12.1. The molecule has 0 aliphatic carbocycles. The fraction of sp³-hybridized carbons (Fsp3) is 0.0714. The summed E-state index contributed by atoms with van der Waals surface area (Å²) in [4.78, 5) is 12.1. The van der Waals surface area contributed by atoms with Crippen molar-refractivity contribution in [2.24, 2.45) is 5.73 Å². The van der Waals surface area contributed by atoms with Gasteiger partial charge in [-0.25, -0.2) is 0 Å². The summed E-state index contributed by atoms with van der Waals surface area (Å²) < 4.78 is 0. The number of amides is 1. The summed E-state index contributed by atoms with van der Waals surface area (Å²) in [6, 6.07) is 14.2. The number of benzene rings is 2. The van der Waals surface area contributed by atoms with Crippen LogP contribution in [0.5, 0.6) is 0 Å². The molecule has 4 heteroatoms. The number of hydrogen-bond acceptors (Lipinski definition) is 2. The molecule has 0 heterocycles. The van der Waals surface area contributed by atoms with Crippen molar-refractivity contribution in [3.05, 3.63) is 64.7 Å². The Morgan fingerprint density at radius 2 is 1.78 bits per heavy atom. The first kappa shape index (κ1) is 12.6. The summed E-state index contributed by atoms with van der Waals surface area (Å²) in [7, 11) is 0. The molecule has 3 nitrogen and oxygen atoms in total. The Kier molecular flexibility index (Phi) is 3.97. The lowest BCUT2D eigenvalue weighted by molar-refractivity contribution is 0.102. The largest absolute Gasteiger partial charge is 0.326 e. The zero-order valence-electron chi connectivity index (χ0n) is 9.69. The normalized spacial score (nSPS) is 10.1. The van der Waals surface area contributed by atoms with E-state index < -0.39 is 0 Å². The zero-order chi connectivity index (χ0) is 13.0. The van der Waals surface area contributed by atoms with Crippen molar-refractivity contribution in [2.45, 2.75) is 6.54 Å². The van der Waals surface area contributed by atoms with Crippen LogP contribution in [0.15, 0.2) is 48.5 Å². The highest BCUT2D eigenvalue weighted by Crippen LogP contribution is 2.15. The first-order chi connectivity index (χ1) is 8.70. The van der Waals surface area contributed by atoms with Gasteiger partial charge in [0.25, 0.3) is 5.91 Å². The Hall–Kier alpha value is -1.84. The second kappa shape index (κ2) is 5.67. The second-order valence-electron chi connectivity index (χ2n) is 3.82. The molecule has 0 atom stereocenters. The monoisotopic (exact) mass is 260 g/mol. The third kappa shape index (κ3) is 2.88. The van der Waals surface area contributed by atoms with Crippen molar-refractivity contribution in [3.8, 4) is 0 Å². The van der Waals surface area contributed by atoms with E-state index in [2.05, 4.69) is 5.32 Å². The highest BCUT2D eigenvalue weighted by atomic mass is 35.5. The van der Waals surface area contributed by atoms with Gasteiger partial charge in [-0.3, -0.25) is 4.79 Å². The van der Waals surface area contributed by atoms with Crippen LogP contribution in [0.25, 0.3) is 0 Å². The standard InChI is InChI=1S/C14H13ClN2O/c15-11-5-7-12(8-6-11)17-14(18)13-4-2-1-3-10(13)9-16/h1-8H,9,16H2,(H,17,18). The molecule has 18 heavy (non-hydrogen) atoms.